The first-order chi connectivity index (χ1) is 9.36. The molecule has 1 aliphatic carbocycles. The monoisotopic (exact) mass is 352 g/mol. The van der Waals surface area contributed by atoms with E-state index in [0.717, 1.165) is 25.3 Å². The van der Waals surface area contributed by atoms with Crippen LogP contribution >= 0.6 is 15.9 Å². The minimum absolute atomic E-state index is 0.0631. The number of aromatic nitrogens is 1. The van der Waals surface area contributed by atoms with E-state index in [4.69, 9.17) is 4.74 Å². The molecule has 7 heteroatoms. The first kappa shape index (κ1) is 15.6. The van der Waals surface area contributed by atoms with Gasteiger partial charge in [0.1, 0.15) is 5.82 Å². The zero-order chi connectivity index (χ0) is 14.8. The highest BCUT2D eigenvalue weighted by Gasteiger charge is 2.42. The van der Waals surface area contributed by atoms with Crippen molar-refractivity contribution in [3.05, 3.63) is 22.3 Å². The van der Waals surface area contributed by atoms with Crippen LogP contribution in [0.2, 0.25) is 0 Å². The van der Waals surface area contributed by atoms with E-state index >= 15 is 0 Å². The molecule has 112 valence electrons. The molecule has 1 saturated carbocycles. The summed E-state index contributed by atoms with van der Waals surface area (Å²) < 4.78 is 44.2. The van der Waals surface area contributed by atoms with Gasteiger partial charge in [-0.1, -0.05) is 0 Å². The van der Waals surface area contributed by atoms with Crippen LogP contribution in [-0.2, 0) is 10.9 Å². The number of alkyl halides is 3. The Morgan fingerprint density at radius 1 is 1.45 bits per heavy atom. The van der Waals surface area contributed by atoms with Gasteiger partial charge in [-0.15, -0.1) is 0 Å². The number of halogens is 4. The second kappa shape index (κ2) is 5.89. The number of nitrogens with one attached hydrogen (secondary N) is 1. The van der Waals surface area contributed by atoms with Gasteiger partial charge in [0.2, 0.25) is 0 Å². The highest BCUT2D eigenvalue weighted by atomic mass is 79.9. The summed E-state index contributed by atoms with van der Waals surface area (Å²) in [5.74, 6) is -0.107. The molecule has 0 bridgehead atoms. The van der Waals surface area contributed by atoms with Crippen LogP contribution in [0.25, 0.3) is 0 Å². The predicted molar refractivity (Wildman–Crippen MR) is 73.6 cm³/mol. The number of anilines is 1. The molecule has 0 saturated heterocycles. The minimum Gasteiger partial charge on any atom is -0.385 e. The van der Waals surface area contributed by atoms with Crippen molar-refractivity contribution in [1.29, 1.82) is 0 Å². The third-order valence-electron chi connectivity index (χ3n) is 3.58. The third-order valence-corrected chi connectivity index (χ3v) is 4.02. The van der Waals surface area contributed by atoms with Gasteiger partial charge in [-0.3, -0.25) is 0 Å². The predicted octanol–water partition coefficient (Wildman–Crippen LogP) is 4.09. The number of rotatable bonds is 6. The Labute approximate surface area is 124 Å². The third kappa shape index (κ3) is 3.85. The quantitative estimate of drug-likeness (QED) is 0.837. The number of hydrogen-bond acceptors (Lipinski definition) is 3. The first-order valence-electron chi connectivity index (χ1n) is 6.32. The smallest absolute Gasteiger partial charge is 0.385 e. The van der Waals surface area contributed by atoms with E-state index in [2.05, 4.69) is 26.2 Å². The number of hydrogen-bond donors (Lipinski definition) is 1. The van der Waals surface area contributed by atoms with Gasteiger partial charge in [0, 0.05) is 30.9 Å². The maximum absolute atomic E-state index is 12.9. The van der Waals surface area contributed by atoms with E-state index in [9.17, 15) is 13.2 Å². The molecule has 0 unspecified atom stereocenters. The highest BCUT2D eigenvalue weighted by molar-refractivity contribution is 9.10. The topological polar surface area (TPSA) is 34.1 Å². The lowest BCUT2D eigenvalue weighted by atomic mass is 10.0. The van der Waals surface area contributed by atoms with Crippen LogP contribution in [0.1, 0.15) is 24.8 Å². The molecule has 1 aromatic heterocycles. The fourth-order valence-electron chi connectivity index (χ4n) is 2.08. The lowest BCUT2D eigenvalue weighted by Gasteiger charge is -2.18. The van der Waals surface area contributed by atoms with E-state index in [-0.39, 0.29) is 11.2 Å². The van der Waals surface area contributed by atoms with Gasteiger partial charge in [0.25, 0.3) is 0 Å². The molecular formula is C13H16BrF3N2O. The van der Waals surface area contributed by atoms with Crippen LogP contribution in [0.4, 0.5) is 19.0 Å². The Kier molecular flexibility index (Phi) is 4.59. The summed E-state index contributed by atoms with van der Waals surface area (Å²) in [4.78, 5) is 3.85. The van der Waals surface area contributed by atoms with Crippen molar-refractivity contribution < 1.29 is 17.9 Å². The summed E-state index contributed by atoms with van der Waals surface area (Å²) in [5, 5.41) is 2.85. The first-order valence-corrected chi connectivity index (χ1v) is 7.11. The number of pyridine rings is 1. The zero-order valence-corrected chi connectivity index (χ0v) is 12.6. The molecule has 0 spiro atoms. The van der Waals surface area contributed by atoms with E-state index in [0.29, 0.717) is 17.6 Å². The standard InChI is InChI=1S/C13H16BrF3N2O/c1-20-5-4-12(2-3-12)8-19-11-10(13(15,16)17)6-9(14)7-18-11/h6-7H,2-5,8H2,1H3,(H,18,19). The van der Waals surface area contributed by atoms with E-state index in [1.807, 2.05) is 0 Å². The Morgan fingerprint density at radius 3 is 2.70 bits per heavy atom. The van der Waals surface area contributed by atoms with Crippen LogP contribution in [0.5, 0.6) is 0 Å². The maximum Gasteiger partial charge on any atom is 0.419 e. The maximum atomic E-state index is 12.9. The molecule has 1 aromatic rings. The fraction of sp³-hybridized carbons (Fsp3) is 0.615. The average Bonchev–Trinajstić information content (AvgIpc) is 3.14. The fourth-order valence-corrected chi connectivity index (χ4v) is 2.41. The van der Waals surface area contributed by atoms with Crippen molar-refractivity contribution in [1.82, 2.24) is 4.98 Å². The second-order valence-electron chi connectivity index (χ2n) is 5.14. The van der Waals surface area contributed by atoms with Crippen LogP contribution in [-0.4, -0.2) is 25.2 Å². The van der Waals surface area contributed by atoms with Gasteiger partial charge in [0.15, 0.2) is 0 Å². The summed E-state index contributed by atoms with van der Waals surface area (Å²) in [7, 11) is 1.63. The Hall–Kier alpha value is -0.820. The van der Waals surface area contributed by atoms with Crippen molar-refractivity contribution in [2.45, 2.75) is 25.4 Å². The van der Waals surface area contributed by atoms with Crippen molar-refractivity contribution in [3.63, 3.8) is 0 Å². The summed E-state index contributed by atoms with van der Waals surface area (Å²) in [6.45, 7) is 1.12. The van der Waals surface area contributed by atoms with Gasteiger partial charge in [-0.25, -0.2) is 4.98 Å². The average molecular weight is 353 g/mol. The largest absolute Gasteiger partial charge is 0.419 e. The normalized spacial score (nSPS) is 17.1. The van der Waals surface area contributed by atoms with Crippen LogP contribution < -0.4 is 5.32 Å². The minimum atomic E-state index is -4.41. The molecular weight excluding hydrogens is 337 g/mol. The van der Waals surface area contributed by atoms with Gasteiger partial charge in [0.05, 0.1) is 5.56 Å². The SMILES string of the molecule is COCCC1(CNc2ncc(Br)cc2C(F)(F)F)CC1. The van der Waals surface area contributed by atoms with Crippen LogP contribution in [0, 0.1) is 5.41 Å². The molecule has 0 atom stereocenters. The molecule has 0 radical (unpaired) electrons. The van der Waals surface area contributed by atoms with Gasteiger partial charge < -0.3 is 10.1 Å². The molecule has 1 aliphatic rings. The lowest BCUT2D eigenvalue weighted by molar-refractivity contribution is -0.137. The van der Waals surface area contributed by atoms with Gasteiger partial charge >= 0.3 is 6.18 Å². The second-order valence-corrected chi connectivity index (χ2v) is 6.06. The van der Waals surface area contributed by atoms with Gasteiger partial charge in [-0.2, -0.15) is 13.2 Å². The number of ether oxygens (including phenoxy) is 1. The Bertz CT molecular complexity index is 475. The van der Waals surface area contributed by atoms with Crippen LogP contribution in [0.3, 0.4) is 0 Å². The summed E-state index contributed by atoms with van der Waals surface area (Å²) in [6.07, 6.45) is -0.161. The molecule has 1 fully saturated rings. The molecule has 2 rings (SSSR count). The molecule has 0 aliphatic heterocycles. The van der Waals surface area contributed by atoms with Crippen molar-refractivity contribution >= 4 is 21.7 Å². The van der Waals surface area contributed by atoms with Crippen molar-refractivity contribution in [2.75, 3.05) is 25.6 Å². The summed E-state index contributed by atoms with van der Waals surface area (Å²) >= 11 is 3.02. The van der Waals surface area contributed by atoms with E-state index in [1.54, 1.807) is 7.11 Å². The molecule has 1 heterocycles. The molecule has 3 nitrogen and oxygen atoms in total. The van der Waals surface area contributed by atoms with E-state index < -0.39 is 11.7 Å². The molecule has 1 N–H and O–H groups in total. The summed E-state index contributed by atoms with van der Waals surface area (Å²) in [5.41, 5.74) is -0.678. The van der Waals surface area contributed by atoms with Crippen molar-refractivity contribution in [3.8, 4) is 0 Å². The lowest BCUT2D eigenvalue weighted by Crippen LogP contribution is -2.20. The summed E-state index contributed by atoms with van der Waals surface area (Å²) in [6, 6.07) is 1.05. The molecule has 0 amide bonds. The zero-order valence-electron chi connectivity index (χ0n) is 11.1. The van der Waals surface area contributed by atoms with E-state index in [1.165, 1.54) is 6.20 Å². The Balaban J connectivity index is 2.06. The van der Waals surface area contributed by atoms with Crippen molar-refractivity contribution in [2.24, 2.45) is 5.41 Å². The molecule has 20 heavy (non-hydrogen) atoms. The van der Waals surface area contributed by atoms with Crippen LogP contribution in [0.15, 0.2) is 16.7 Å². The number of nitrogens with zero attached hydrogens (tertiary/aromatic N) is 1. The highest BCUT2D eigenvalue weighted by Crippen LogP contribution is 2.49. The Morgan fingerprint density at radius 2 is 2.15 bits per heavy atom. The van der Waals surface area contributed by atoms with Gasteiger partial charge in [-0.05, 0) is 46.7 Å². The number of methoxy groups -OCH3 is 1. The molecule has 0 aromatic carbocycles.